The number of hydrogen-bond donors (Lipinski definition) is 2. The van der Waals surface area contributed by atoms with Gasteiger partial charge in [-0.2, -0.15) is 11.8 Å². The second-order valence-electron chi connectivity index (χ2n) is 4.93. The molecule has 1 saturated carbocycles. The predicted octanol–water partition coefficient (Wildman–Crippen LogP) is 0.343. The third-order valence-electron chi connectivity index (χ3n) is 3.46. The van der Waals surface area contributed by atoms with E-state index in [1.165, 1.54) is 0 Å². The highest BCUT2D eigenvalue weighted by atomic mass is 32.2. The molecular weight excluding hydrogens is 274 g/mol. The zero-order valence-corrected chi connectivity index (χ0v) is 12.1. The van der Waals surface area contributed by atoms with E-state index in [1.54, 1.807) is 0 Å². The molecule has 2 fully saturated rings. The molecule has 0 unspecified atom stereocenters. The Morgan fingerprint density at radius 1 is 1.33 bits per heavy atom. The summed E-state index contributed by atoms with van der Waals surface area (Å²) in [5.74, 6) is 1.97. The second kappa shape index (κ2) is 6.09. The Kier molecular flexibility index (Phi) is 4.93. The van der Waals surface area contributed by atoms with Crippen molar-refractivity contribution in [1.82, 2.24) is 4.72 Å². The van der Waals surface area contributed by atoms with E-state index >= 15 is 0 Å². The topological polar surface area (TPSA) is 75.6 Å². The lowest BCUT2D eigenvalue weighted by molar-refractivity contribution is -0.0591. The molecule has 1 saturated heterocycles. The molecule has 1 aliphatic carbocycles. The number of aliphatic hydroxyl groups is 1. The molecule has 0 bridgehead atoms. The summed E-state index contributed by atoms with van der Waals surface area (Å²) in [4.78, 5) is 0. The SMILES string of the molecule is O=S(=O)(NCC1(OCCO)CCSCC1)C1CC1. The molecule has 0 aromatic rings. The van der Waals surface area contributed by atoms with Crippen molar-refractivity contribution in [1.29, 1.82) is 0 Å². The number of thioether (sulfide) groups is 1. The van der Waals surface area contributed by atoms with Crippen molar-refractivity contribution in [3.63, 3.8) is 0 Å². The minimum absolute atomic E-state index is 0.0235. The van der Waals surface area contributed by atoms with Gasteiger partial charge in [0.2, 0.25) is 10.0 Å². The first-order valence-corrected chi connectivity index (χ1v) is 9.09. The molecule has 7 heteroatoms. The van der Waals surface area contributed by atoms with Gasteiger partial charge in [-0.1, -0.05) is 0 Å². The number of rotatable bonds is 7. The van der Waals surface area contributed by atoms with Gasteiger partial charge in [-0.3, -0.25) is 0 Å². The standard InChI is InChI=1S/C11H21NO4S2/c13-5-6-16-11(3-7-17-8-4-11)9-12-18(14,15)10-1-2-10/h10,12-13H,1-9H2. The Bertz CT molecular complexity index is 361. The maximum absolute atomic E-state index is 11.8. The molecule has 2 aliphatic rings. The van der Waals surface area contributed by atoms with Crippen LogP contribution >= 0.6 is 11.8 Å². The van der Waals surface area contributed by atoms with Crippen LogP contribution in [0.3, 0.4) is 0 Å². The monoisotopic (exact) mass is 295 g/mol. The van der Waals surface area contributed by atoms with Crippen LogP contribution in [0, 0.1) is 0 Å². The van der Waals surface area contributed by atoms with Gasteiger partial charge < -0.3 is 9.84 Å². The highest BCUT2D eigenvalue weighted by Crippen LogP contribution is 2.32. The molecule has 1 heterocycles. The van der Waals surface area contributed by atoms with E-state index < -0.39 is 15.6 Å². The Balaban J connectivity index is 1.91. The highest BCUT2D eigenvalue weighted by molar-refractivity contribution is 7.99. The minimum Gasteiger partial charge on any atom is -0.394 e. The quantitative estimate of drug-likeness (QED) is 0.708. The van der Waals surface area contributed by atoms with Crippen LogP contribution in [0.5, 0.6) is 0 Å². The van der Waals surface area contributed by atoms with Crippen molar-refractivity contribution in [2.45, 2.75) is 36.5 Å². The van der Waals surface area contributed by atoms with Crippen LogP contribution in [0.4, 0.5) is 0 Å². The van der Waals surface area contributed by atoms with Crippen LogP contribution in [0.25, 0.3) is 0 Å². The Morgan fingerprint density at radius 2 is 2.00 bits per heavy atom. The van der Waals surface area contributed by atoms with E-state index in [4.69, 9.17) is 9.84 Å². The van der Waals surface area contributed by atoms with Crippen molar-refractivity contribution >= 4 is 21.8 Å². The average Bonchev–Trinajstić information content (AvgIpc) is 3.20. The summed E-state index contributed by atoms with van der Waals surface area (Å²) < 4.78 is 32.1. The lowest BCUT2D eigenvalue weighted by atomic mass is 9.97. The van der Waals surface area contributed by atoms with Gasteiger partial charge in [-0.25, -0.2) is 13.1 Å². The zero-order valence-electron chi connectivity index (χ0n) is 10.4. The van der Waals surface area contributed by atoms with E-state index in [-0.39, 0.29) is 18.5 Å². The molecule has 2 rings (SSSR count). The molecule has 0 aromatic carbocycles. The Labute approximate surface area is 113 Å². The summed E-state index contributed by atoms with van der Waals surface area (Å²) in [6, 6.07) is 0. The largest absolute Gasteiger partial charge is 0.394 e. The fourth-order valence-electron chi connectivity index (χ4n) is 2.11. The zero-order chi connectivity index (χ0) is 13.1. The molecule has 5 nitrogen and oxygen atoms in total. The van der Waals surface area contributed by atoms with Crippen LogP contribution in [0.2, 0.25) is 0 Å². The van der Waals surface area contributed by atoms with Gasteiger partial charge in [0.1, 0.15) is 0 Å². The van der Waals surface area contributed by atoms with Crippen LogP contribution in [-0.4, -0.2) is 55.6 Å². The number of sulfonamides is 1. The molecule has 0 spiro atoms. The maximum Gasteiger partial charge on any atom is 0.214 e. The van der Waals surface area contributed by atoms with Crippen molar-refractivity contribution < 1.29 is 18.3 Å². The summed E-state index contributed by atoms with van der Waals surface area (Å²) in [7, 11) is -3.15. The van der Waals surface area contributed by atoms with Gasteiger partial charge in [0.15, 0.2) is 0 Å². The van der Waals surface area contributed by atoms with Gasteiger partial charge in [0.05, 0.1) is 24.1 Å². The Morgan fingerprint density at radius 3 is 2.56 bits per heavy atom. The highest BCUT2D eigenvalue weighted by Gasteiger charge is 2.39. The van der Waals surface area contributed by atoms with Crippen LogP contribution in [0.1, 0.15) is 25.7 Å². The molecular formula is C11H21NO4S2. The van der Waals surface area contributed by atoms with Gasteiger partial charge in [-0.15, -0.1) is 0 Å². The van der Waals surface area contributed by atoms with E-state index in [1.807, 2.05) is 11.8 Å². The molecule has 1 aliphatic heterocycles. The number of nitrogens with one attached hydrogen (secondary N) is 1. The average molecular weight is 295 g/mol. The van der Waals surface area contributed by atoms with Gasteiger partial charge in [0.25, 0.3) is 0 Å². The van der Waals surface area contributed by atoms with Crippen molar-refractivity contribution in [3.8, 4) is 0 Å². The number of aliphatic hydroxyl groups excluding tert-OH is 1. The first-order valence-electron chi connectivity index (χ1n) is 6.39. The van der Waals surface area contributed by atoms with Crippen LogP contribution < -0.4 is 4.72 Å². The predicted molar refractivity (Wildman–Crippen MR) is 72.3 cm³/mol. The minimum atomic E-state index is -3.15. The third kappa shape index (κ3) is 3.84. The van der Waals surface area contributed by atoms with E-state index in [0.717, 1.165) is 37.2 Å². The smallest absolute Gasteiger partial charge is 0.214 e. The summed E-state index contributed by atoms with van der Waals surface area (Å²) in [5, 5.41) is 8.68. The van der Waals surface area contributed by atoms with Gasteiger partial charge in [-0.05, 0) is 37.2 Å². The van der Waals surface area contributed by atoms with Crippen molar-refractivity contribution in [3.05, 3.63) is 0 Å². The molecule has 2 N–H and O–H groups in total. The van der Waals surface area contributed by atoms with Crippen molar-refractivity contribution in [2.75, 3.05) is 31.3 Å². The first-order chi connectivity index (χ1) is 8.58. The number of hydrogen-bond acceptors (Lipinski definition) is 5. The lowest BCUT2D eigenvalue weighted by Gasteiger charge is -2.37. The van der Waals surface area contributed by atoms with Crippen LogP contribution in [0.15, 0.2) is 0 Å². The maximum atomic E-state index is 11.8. The summed E-state index contributed by atoms with van der Waals surface area (Å²) in [5.41, 5.74) is -0.421. The summed E-state index contributed by atoms with van der Waals surface area (Å²) in [6.45, 7) is 0.590. The van der Waals surface area contributed by atoms with Gasteiger partial charge >= 0.3 is 0 Å². The normalized spacial score (nSPS) is 24.1. The molecule has 18 heavy (non-hydrogen) atoms. The summed E-state index contributed by atoms with van der Waals surface area (Å²) >= 11 is 1.86. The molecule has 106 valence electrons. The molecule has 0 aromatic heterocycles. The molecule has 0 radical (unpaired) electrons. The first kappa shape index (κ1) is 14.6. The molecule has 0 amide bonds. The lowest BCUT2D eigenvalue weighted by Crippen LogP contribution is -2.48. The van der Waals surface area contributed by atoms with E-state index in [0.29, 0.717) is 6.54 Å². The number of ether oxygens (including phenoxy) is 1. The summed E-state index contributed by atoms with van der Waals surface area (Å²) in [6.07, 6.45) is 3.22. The fourth-order valence-corrected chi connectivity index (χ4v) is 4.80. The third-order valence-corrected chi connectivity index (χ3v) is 6.34. The Hall–Kier alpha value is 0.180. The van der Waals surface area contributed by atoms with Crippen molar-refractivity contribution in [2.24, 2.45) is 0 Å². The van der Waals surface area contributed by atoms with E-state index in [9.17, 15) is 8.42 Å². The van der Waals surface area contributed by atoms with Gasteiger partial charge in [0, 0.05) is 6.54 Å². The fraction of sp³-hybridized carbons (Fsp3) is 1.00. The van der Waals surface area contributed by atoms with Crippen LogP contribution in [-0.2, 0) is 14.8 Å². The second-order valence-corrected chi connectivity index (χ2v) is 8.20. The van der Waals surface area contributed by atoms with E-state index in [2.05, 4.69) is 4.72 Å². The molecule has 0 atom stereocenters.